The molecule has 8 nitrogen and oxygen atoms in total. The molecule has 0 saturated carbocycles. The summed E-state index contributed by atoms with van der Waals surface area (Å²) in [5, 5.41) is 13.1. The Morgan fingerprint density at radius 3 is 2.27 bits per heavy atom. The van der Waals surface area contributed by atoms with Gasteiger partial charge in [-0.05, 0) is 134 Å². The minimum atomic E-state index is -0.424. The molecule has 3 fully saturated rings. The standard InChI is InChI=1S/C47H53N5O3/c1-32-10-17-44(46(54)48-32)52-31-37-29-39(12-15-43(37)47(52)55)51-26-24-49(25-27-51)21-18-33-19-22-50(23-20-33)38-9-5-8-36(28-38)45-41(34-6-3-2-4-7-34)14-11-35-30-40(53)13-16-42(35)45/h2-9,12-13,15-16,28-30,33,41,44-45,53H,1,10-11,14,17-27,31H2,(H,48,54)/t41-,44?,45+/m1/s1. The van der Waals surface area contributed by atoms with Gasteiger partial charge in [-0.25, -0.2) is 0 Å². The van der Waals surface area contributed by atoms with E-state index in [0.717, 1.165) is 81.4 Å². The largest absolute Gasteiger partial charge is 0.508 e. The summed E-state index contributed by atoms with van der Waals surface area (Å²) in [7, 11) is 0. The van der Waals surface area contributed by atoms with Crippen molar-refractivity contribution in [1.82, 2.24) is 15.1 Å². The zero-order valence-corrected chi connectivity index (χ0v) is 31.8. The third-order valence-electron chi connectivity index (χ3n) is 13.2. The molecule has 1 unspecified atom stereocenters. The van der Waals surface area contributed by atoms with E-state index in [0.29, 0.717) is 31.1 Å². The topological polar surface area (TPSA) is 79.4 Å². The van der Waals surface area contributed by atoms with Gasteiger partial charge in [0.05, 0.1) is 0 Å². The summed E-state index contributed by atoms with van der Waals surface area (Å²) in [4.78, 5) is 35.3. The molecule has 3 saturated heterocycles. The number of nitrogens with zero attached hydrogens (tertiary/aromatic N) is 4. The molecule has 55 heavy (non-hydrogen) atoms. The van der Waals surface area contributed by atoms with Crippen LogP contribution >= 0.6 is 0 Å². The first kappa shape index (κ1) is 35.6. The Labute approximate surface area is 325 Å². The van der Waals surface area contributed by atoms with Gasteiger partial charge in [0, 0.05) is 74.4 Å². The van der Waals surface area contributed by atoms with Crippen LogP contribution in [-0.2, 0) is 17.8 Å². The molecular weight excluding hydrogens is 683 g/mol. The fourth-order valence-electron chi connectivity index (χ4n) is 10.1. The number of piperazine rings is 1. The van der Waals surface area contributed by atoms with Crippen LogP contribution in [-0.4, -0.2) is 78.6 Å². The van der Waals surface area contributed by atoms with Crippen molar-refractivity contribution in [1.29, 1.82) is 0 Å². The predicted octanol–water partition coefficient (Wildman–Crippen LogP) is 7.43. The number of phenols is 1. The molecule has 2 N–H and O–H groups in total. The lowest BCUT2D eigenvalue weighted by Crippen LogP contribution is -2.49. The number of benzene rings is 4. The average molecular weight is 736 g/mol. The van der Waals surface area contributed by atoms with Crippen molar-refractivity contribution >= 4 is 23.2 Å². The molecule has 5 aliphatic rings. The summed E-state index contributed by atoms with van der Waals surface area (Å²) < 4.78 is 0. The highest BCUT2D eigenvalue weighted by Crippen LogP contribution is 2.47. The number of rotatable bonds is 8. The Balaban J connectivity index is 0.775. The van der Waals surface area contributed by atoms with Crippen molar-refractivity contribution in [2.24, 2.45) is 5.92 Å². The lowest BCUT2D eigenvalue weighted by Gasteiger charge is -2.38. The van der Waals surface area contributed by atoms with Gasteiger partial charge in [-0.1, -0.05) is 55.1 Å². The van der Waals surface area contributed by atoms with E-state index >= 15 is 0 Å². The molecular formula is C47H53N5O3. The highest BCUT2D eigenvalue weighted by Gasteiger charge is 2.38. The summed E-state index contributed by atoms with van der Waals surface area (Å²) in [6.07, 6.45) is 7.10. The van der Waals surface area contributed by atoms with Gasteiger partial charge >= 0.3 is 0 Å². The summed E-state index contributed by atoms with van der Waals surface area (Å²) in [6.45, 7) is 11.8. The number of carbonyl (C=O) groups excluding carboxylic acids is 2. The summed E-state index contributed by atoms with van der Waals surface area (Å²) in [5.74, 6) is 1.62. The number of hydrogen-bond donors (Lipinski definition) is 2. The van der Waals surface area contributed by atoms with Gasteiger partial charge < -0.3 is 25.1 Å². The van der Waals surface area contributed by atoms with E-state index < -0.39 is 6.04 Å². The van der Waals surface area contributed by atoms with Gasteiger partial charge in [-0.3, -0.25) is 14.5 Å². The van der Waals surface area contributed by atoms with Crippen LogP contribution in [0, 0.1) is 5.92 Å². The highest BCUT2D eigenvalue weighted by atomic mass is 16.3. The zero-order valence-electron chi connectivity index (χ0n) is 31.8. The predicted molar refractivity (Wildman–Crippen MR) is 219 cm³/mol. The molecule has 8 heteroatoms. The van der Waals surface area contributed by atoms with Crippen LogP contribution in [0.2, 0.25) is 0 Å². The first-order valence-corrected chi connectivity index (χ1v) is 20.5. The molecule has 2 amide bonds. The fourth-order valence-corrected chi connectivity index (χ4v) is 10.1. The van der Waals surface area contributed by atoms with Crippen LogP contribution < -0.4 is 15.1 Å². The number of nitrogens with one attached hydrogen (secondary N) is 1. The summed E-state index contributed by atoms with van der Waals surface area (Å²) >= 11 is 0. The SMILES string of the molecule is C=C1CCC(N2Cc3cc(N4CCN(CCC5CCN(c6cccc([C@@H]7c8ccc(O)cc8CC[C@@H]7c7ccccc7)c6)CC5)CC4)ccc3C2=O)C(=O)N1. The molecule has 4 aliphatic heterocycles. The number of piperidine rings is 2. The summed E-state index contributed by atoms with van der Waals surface area (Å²) in [5.41, 5.74) is 10.4. The Kier molecular flexibility index (Phi) is 9.85. The first-order chi connectivity index (χ1) is 26.9. The van der Waals surface area contributed by atoms with Gasteiger partial charge in [-0.2, -0.15) is 0 Å². The van der Waals surface area contributed by atoms with Crippen LogP contribution in [0.15, 0.2) is 103 Å². The number of aryl methyl sites for hydroxylation is 1. The van der Waals surface area contributed by atoms with E-state index in [1.807, 2.05) is 18.2 Å². The minimum Gasteiger partial charge on any atom is -0.508 e. The smallest absolute Gasteiger partial charge is 0.255 e. The molecule has 4 aromatic rings. The second-order valence-corrected chi connectivity index (χ2v) is 16.5. The Bertz CT molecular complexity index is 2070. The van der Waals surface area contributed by atoms with Gasteiger partial charge in [0.15, 0.2) is 0 Å². The molecule has 4 heterocycles. The highest BCUT2D eigenvalue weighted by molar-refractivity contribution is 6.01. The maximum Gasteiger partial charge on any atom is 0.255 e. The van der Waals surface area contributed by atoms with Crippen molar-refractivity contribution < 1.29 is 14.7 Å². The molecule has 0 bridgehead atoms. The van der Waals surface area contributed by atoms with Gasteiger partial charge in [0.1, 0.15) is 11.8 Å². The molecule has 9 rings (SSSR count). The van der Waals surface area contributed by atoms with Crippen LogP contribution in [0.5, 0.6) is 5.75 Å². The van der Waals surface area contributed by atoms with E-state index in [4.69, 9.17) is 0 Å². The second-order valence-electron chi connectivity index (χ2n) is 16.5. The van der Waals surface area contributed by atoms with Crippen molar-refractivity contribution in [3.8, 4) is 5.75 Å². The molecule has 0 spiro atoms. The number of anilines is 2. The molecule has 0 aromatic heterocycles. The van der Waals surface area contributed by atoms with E-state index in [1.165, 1.54) is 52.9 Å². The zero-order chi connectivity index (χ0) is 37.5. The second kappa shape index (κ2) is 15.2. The Hall–Kier alpha value is -5.08. The van der Waals surface area contributed by atoms with E-state index in [2.05, 4.69) is 99.4 Å². The monoisotopic (exact) mass is 735 g/mol. The van der Waals surface area contributed by atoms with E-state index in [1.54, 1.807) is 4.90 Å². The number of carbonyl (C=O) groups is 2. The maximum atomic E-state index is 13.2. The van der Waals surface area contributed by atoms with Crippen LogP contribution in [0.25, 0.3) is 0 Å². The fraction of sp³-hybridized carbons (Fsp3) is 0.404. The van der Waals surface area contributed by atoms with Crippen LogP contribution in [0.1, 0.15) is 88.5 Å². The number of hydrogen-bond acceptors (Lipinski definition) is 6. The first-order valence-electron chi connectivity index (χ1n) is 20.5. The lowest BCUT2D eigenvalue weighted by molar-refractivity contribution is -0.126. The number of aromatic hydroxyl groups is 1. The Morgan fingerprint density at radius 1 is 0.709 bits per heavy atom. The van der Waals surface area contributed by atoms with Gasteiger partial charge in [0.25, 0.3) is 5.91 Å². The third-order valence-corrected chi connectivity index (χ3v) is 13.2. The van der Waals surface area contributed by atoms with Gasteiger partial charge in [0.2, 0.25) is 5.91 Å². The normalized spacial score (nSPS) is 23.5. The van der Waals surface area contributed by atoms with Crippen molar-refractivity contribution in [3.05, 3.63) is 137 Å². The number of fused-ring (bicyclic) bond motifs is 2. The minimum absolute atomic E-state index is 0.0384. The van der Waals surface area contributed by atoms with Crippen LogP contribution in [0.3, 0.4) is 0 Å². The third kappa shape index (κ3) is 7.25. The van der Waals surface area contributed by atoms with Crippen molar-refractivity contribution in [2.75, 3.05) is 55.6 Å². The molecule has 1 aliphatic carbocycles. The van der Waals surface area contributed by atoms with Crippen LogP contribution in [0.4, 0.5) is 11.4 Å². The quantitative estimate of drug-likeness (QED) is 0.196. The Morgan fingerprint density at radius 2 is 1.47 bits per heavy atom. The van der Waals surface area contributed by atoms with Crippen molar-refractivity contribution in [3.63, 3.8) is 0 Å². The summed E-state index contributed by atoms with van der Waals surface area (Å²) in [6, 6.07) is 32.1. The maximum absolute atomic E-state index is 13.2. The van der Waals surface area contributed by atoms with E-state index in [9.17, 15) is 14.7 Å². The van der Waals surface area contributed by atoms with E-state index in [-0.39, 0.29) is 17.7 Å². The lowest BCUT2D eigenvalue weighted by atomic mass is 9.69. The van der Waals surface area contributed by atoms with Crippen molar-refractivity contribution in [2.45, 2.75) is 69.4 Å². The van der Waals surface area contributed by atoms with Gasteiger partial charge in [-0.15, -0.1) is 0 Å². The molecule has 284 valence electrons. The number of allylic oxidation sites excluding steroid dienone is 1. The number of amides is 2. The number of phenolic OH excluding ortho intramolecular Hbond substituents is 1. The molecule has 0 radical (unpaired) electrons. The molecule has 4 aromatic carbocycles. The molecule has 3 atom stereocenters. The average Bonchev–Trinajstić information content (AvgIpc) is 3.55.